The van der Waals surface area contributed by atoms with Gasteiger partial charge in [-0.25, -0.2) is 13.6 Å². The lowest BCUT2D eigenvalue weighted by Crippen LogP contribution is -2.11. The fourth-order valence-corrected chi connectivity index (χ4v) is 4.07. The van der Waals surface area contributed by atoms with E-state index in [1.54, 1.807) is 25.1 Å². The van der Waals surface area contributed by atoms with E-state index in [0.717, 1.165) is 24.3 Å². The Hall–Kier alpha value is -4.73. The SMILES string of the molecule is CCC(=O)Nc1ccc(-c2ccccc2-c2cc(C(F)(F)F)ccc2OCc2ccc(F)cc2F)c(C(=O)O)c1. The van der Waals surface area contributed by atoms with Crippen LogP contribution in [0.5, 0.6) is 5.75 Å². The number of carbonyl (C=O) groups excluding carboxylic acids is 1. The van der Waals surface area contributed by atoms with E-state index in [9.17, 15) is 36.6 Å². The van der Waals surface area contributed by atoms with E-state index in [1.165, 1.54) is 30.3 Å². The number of hydrogen-bond donors (Lipinski definition) is 2. The van der Waals surface area contributed by atoms with Gasteiger partial charge < -0.3 is 15.2 Å². The van der Waals surface area contributed by atoms with Gasteiger partial charge in [0.1, 0.15) is 24.0 Å². The van der Waals surface area contributed by atoms with E-state index in [4.69, 9.17) is 4.74 Å². The highest BCUT2D eigenvalue weighted by atomic mass is 19.4. The Morgan fingerprint density at radius 1 is 0.850 bits per heavy atom. The van der Waals surface area contributed by atoms with Crippen molar-refractivity contribution < 1.29 is 41.4 Å². The molecule has 0 heterocycles. The number of amides is 1. The highest BCUT2D eigenvalue weighted by Gasteiger charge is 2.32. The van der Waals surface area contributed by atoms with Gasteiger partial charge in [0.15, 0.2) is 0 Å². The Morgan fingerprint density at radius 2 is 1.55 bits per heavy atom. The minimum absolute atomic E-state index is 0.0154. The fraction of sp³-hybridized carbons (Fsp3) is 0.133. The van der Waals surface area contributed by atoms with Crippen LogP contribution in [0.2, 0.25) is 0 Å². The first kappa shape index (κ1) is 28.3. The molecule has 0 aliphatic rings. The average Bonchev–Trinajstić information content (AvgIpc) is 2.92. The molecular formula is C30H22F5NO4. The number of benzene rings is 4. The van der Waals surface area contributed by atoms with Crippen LogP contribution in [0.4, 0.5) is 27.6 Å². The van der Waals surface area contributed by atoms with Crippen LogP contribution in [0.3, 0.4) is 0 Å². The Labute approximate surface area is 225 Å². The Balaban J connectivity index is 1.85. The molecule has 0 aliphatic carbocycles. The standard InChI is InChI=1S/C30H22F5NO4/c1-2-28(37)36-20-10-11-23(25(15-20)29(38)39)21-5-3-4-6-22(21)24-13-18(30(33,34)35)8-12-27(24)40-16-17-7-9-19(31)14-26(17)32/h3-15H,2,16H2,1H3,(H,36,37)(H,38,39). The van der Waals surface area contributed by atoms with Gasteiger partial charge in [0.05, 0.1) is 11.1 Å². The number of halogens is 5. The quantitative estimate of drug-likeness (QED) is 0.217. The van der Waals surface area contributed by atoms with Gasteiger partial charge in [-0.1, -0.05) is 37.3 Å². The van der Waals surface area contributed by atoms with Crippen LogP contribution in [0.15, 0.2) is 78.9 Å². The monoisotopic (exact) mass is 555 g/mol. The summed E-state index contributed by atoms with van der Waals surface area (Å²) >= 11 is 0. The number of rotatable bonds is 8. The lowest BCUT2D eigenvalue weighted by atomic mass is 9.90. The third-order valence-electron chi connectivity index (χ3n) is 6.07. The minimum atomic E-state index is -4.70. The van der Waals surface area contributed by atoms with Crippen LogP contribution < -0.4 is 10.1 Å². The first-order chi connectivity index (χ1) is 19.0. The number of carboxylic acids is 1. The predicted octanol–water partition coefficient (Wildman–Crippen LogP) is 7.94. The number of carboxylic acid groups (broad SMARTS) is 1. The molecule has 0 spiro atoms. The molecule has 0 aliphatic heterocycles. The maximum Gasteiger partial charge on any atom is 0.416 e. The number of ether oxygens (including phenoxy) is 1. The van der Waals surface area contributed by atoms with Crippen molar-refractivity contribution in [2.24, 2.45) is 0 Å². The molecule has 0 radical (unpaired) electrons. The maximum absolute atomic E-state index is 14.2. The molecular weight excluding hydrogens is 533 g/mol. The minimum Gasteiger partial charge on any atom is -0.488 e. The van der Waals surface area contributed by atoms with E-state index >= 15 is 0 Å². The summed E-state index contributed by atoms with van der Waals surface area (Å²) in [5.74, 6) is -3.35. The van der Waals surface area contributed by atoms with Crippen molar-refractivity contribution >= 4 is 17.6 Å². The highest BCUT2D eigenvalue weighted by Crippen LogP contribution is 2.42. The second kappa shape index (κ2) is 11.6. The van der Waals surface area contributed by atoms with Crippen molar-refractivity contribution in [2.45, 2.75) is 26.1 Å². The van der Waals surface area contributed by atoms with Crippen molar-refractivity contribution in [3.05, 3.63) is 107 Å². The molecule has 2 N–H and O–H groups in total. The topological polar surface area (TPSA) is 75.6 Å². The second-order valence-electron chi connectivity index (χ2n) is 8.75. The lowest BCUT2D eigenvalue weighted by molar-refractivity contribution is -0.137. The third-order valence-corrected chi connectivity index (χ3v) is 6.07. The maximum atomic E-state index is 14.2. The Kier molecular flexibility index (Phi) is 8.18. The summed E-state index contributed by atoms with van der Waals surface area (Å²) in [7, 11) is 0. The normalized spacial score (nSPS) is 11.2. The zero-order chi connectivity index (χ0) is 29.0. The molecule has 1 amide bonds. The second-order valence-corrected chi connectivity index (χ2v) is 8.75. The van der Waals surface area contributed by atoms with Gasteiger partial charge >= 0.3 is 12.1 Å². The number of hydrogen-bond acceptors (Lipinski definition) is 3. The van der Waals surface area contributed by atoms with Gasteiger partial charge in [0.25, 0.3) is 0 Å². The number of alkyl halides is 3. The summed E-state index contributed by atoms with van der Waals surface area (Å²) in [5.41, 5.74) is -0.272. The Morgan fingerprint density at radius 3 is 2.17 bits per heavy atom. The molecule has 0 saturated carbocycles. The van der Waals surface area contributed by atoms with Crippen LogP contribution in [0.1, 0.15) is 34.8 Å². The van der Waals surface area contributed by atoms with Gasteiger partial charge in [0, 0.05) is 29.3 Å². The molecule has 4 aromatic carbocycles. The smallest absolute Gasteiger partial charge is 0.416 e. The van der Waals surface area contributed by atoms with Gasteiger partial charge in [-0.2, -0.15) is 13.2 Å². The molecule has 4 aromatic rings. The molecule has 40 heavy (non-hydrogen) atoms. The number of aromatic carboxylic acids is 1. The molecule has 5 nitrogen and oxygen atoms in total. The number of nitrogens with one attached hydrogen (secondary N) is 1. The number of anilines is 1. The largest absolute Gasteiger partial charge is 0.488 e. The van der Waals surface area contributed by atoms with E-state index in [2.05, 4.69) is 5.32 Å². The van der Waals surface area contributed by atoms with Crippen LogP contribution >= 0.6 is 0 Å². The van der Waals surface area contributed by atoms with Gasteiger partial charge in [-0.3, -0.25) is 4.79 Å². The molecule has 10 heteroatoms. The molecule has 0 atom stereocenters. The lowest BCUT2D eigenvalue weighted by Gasteiger charge is -2.18. The third kappa shape index (κ3) is 6.28. The van der Waals surface area contributed by atoms with Crippen molar-refractivity contribution in [3.8, 4) is 28.0 Å². The summed E-state index contributed by atoms with van der Waals surface area (Å²) in [6, 6.07) is 16.1. The van der Waals surface area contributed by atoms with Gasteiger partial charge in [-0.05, 0) is 59.2 Å². The Bertz CT molecular complexity index is 1580. The van der Waals surface area contributed by atoms with Crippen LogP contribution in [0.25, 0.3) is 22.3 Å². The zero-order valence-electron chi connectivity index (χ0n) is 21.0. The average molecular weight is 555 g/mol. The van der Waals surface area contributed by atoms with Crippen molar-refractivity contribution in [2.75, 3.05) is 5.32 Å². The molecule has 4 rings (SSSR count). The van der Waals surface area contributed by atoms with Gasteiger partial charge in [0.2, 0.25) is 5.91 Å². The van der Waals surface area contributed by atoms with Crippen LogP contribution in [-0.4, -0.2) is 17.0 Å². The van der Waals surface area contributed by atoms with Crippen LogP contribution in [0, 0.1) is 11.6 Å². The molecule has 0 fully saturated rings. The van der Waals surface area contributed by atoms with E-state index < -0.39 is 36.0 Å². The molecule has 206 valence electrons. The summed E-state index contributed by atoms with van der Waals surface area (Å²) in [6.07, 6.45) is -4.52. The van der Waals surface area contributed by atoms with E-state index in [0.29, 0.717) is 6.07 Å². The first-order valence-corrected chi connectivity index (χ1v) is 12.0. The first-order valence-electron chi connectivity index (χ1n) is 12.0. The van der Waals surface area contributed by atoms with Crippen molar-refractivity contribution in [1.29, 1.82) is 0 Å². The molecule has 0 aromatic heterocycles. The van der Waals surface area contributed by atoms with Crippen molar-refractivity contribution in [3.63, 3.8) is 0 Å². The number of carbonyl (C=O) groups is 2. The molecule has 0 unspecified atom stereocenters. The summed E-state index contributed by atoms with van der Waals surface area (Å²) in [4.78, 5) is 24.0. The van der Waals surface area contributed by atoms with Crippen molar-refractivity contribution in [1.82, 2.24) is 0 Å². The molecule has 0 bridgehead atoms. The summed E-state index contributed by atoms with van der Waals surface area (Å²) in [5, 5.41) is 12.5. The fourth-order valence-electron chi connectivity index (χ4n) is 4.07. The summed E-state index contributed by atoms with van der Waals surface area (Å²) < 4.78 is 74.3. The van der Waals surface area contributed by atoms with Crippen LogP contribution in [-0.2, 0) is 17.6 Å². The van der Waals surface area contributed by atoms with E-state index in [-0.39, 0.29) is 57.1 Å². The molecule has 0 saturated heterocycles. The zero-order valence-corrected chi connectivity index (χ0v) is 21.0. The van der Waals surface area contributed by atoms with Gasteiger partial charge in [-0.15, -0.1) is 0 Å². The predicted molar refractivity (Wildman–Crippen MR) is 139 cm³/mol. The highest BCUT2D eigenvalue weighted by molar-refractivity contribution is 6.01. The summed E-state index contributed by atoms with van der Waals surface area (Å²) in [6.45, 7) is 1.23. The van der Waals surface area contributed by atoms with E-state index in [1.807, 2.05) is 0 Å².